The molecule has 4 rings (SSSR count). The smallest absolute Gasteiger partial charge is 0.308 e. The van der Waals surface area contributed by atoms with Gasteiger partial charge in [0, 0.05) is 12.1 Å². The predicted molar refractivity (Wildman–Crippen MR) is 140 cm³/mol. The van der Waals surface area contributed by atoms with Crippen LogP contribution in [0.25, 0.3) is 0 Å². The standard InChI is InChI=1S/C30H54N2O2/c1-6-34-30(33)26-9-7-8-25(18-26)29-31-27(23-14-10-21(11-15-23)19(2)3)28(32-29)24-16-12-22(13-17-24)20(4)5/h19-29,31-32H,6-18H2,1-5H3. The quantitative estimate of drug-likeness (QED) is 0.412. The zero-order chi connectivity index (χ0) is 24.2. The second-order valence-corrected chi connectivity index (χ2v) is 13.1. The van der Waals surface area contributed by atoms with Crippen LogP contribution in [0.15, 0.2) is 0 Å². The lowest BCUT2D eigenvalue weighted by Crippen LogP contribution is -2.46. The lowest BCUT2D eigenvalue weighted by atomic mass is 9.69. The van der Waals surface area contributed by atoms with Gasteiger partial charge in [0.25, 0.3) is 0 Å². The van der Waals surface area contributed by atoms with E-state index in [9.17, 15) is 4.79 Å². The number of esters is 1. The number of carbonyl (C=O) groups excluding carboxylic acids is 1. The Balaban J connectivity index is 1.43. The molecule has 4 unspecified atom stereocenters. The van der Waals surface area contributed by atoms with Gasteiger partial charge in [0.15, 0.2) is 0 Å². The van der Waals surface area contributed by atoms with Crippen LogP contribution in [-0.4, -0.2) is 30.8 Å². The summed E-state index contributed by atoms with van der Waals surface area (Å²) < 4.78 is 5.40. The van der Waals surface area contributed by atoms with Crippen LogP contribution in [0.5, 0.6) is 0 Å². The molecule has 34 heavy (non-hydrogen) atoms. The van der Waals surface area contributed by atoms with Crippen molar-refractivity contribution in [3.8, 4) is 0 Å². The maximum absolute atomic E-state index is 12.5. The largest absolute Gasteiger partial charge is 0.466 e. The van der Waals surface area contributed by atoms with Crippen molar-refractivity contribution in [1.29, 1.82) is 0 Å². The summed E-state index contributed by atoms with van der Waals surface area (Å²) in [4.78, 5) is 12.5. The van der Waals surface area contributed by atoms with Gasteiger partial charge in [0.1, 0.15) is 0 Å². The predicted octanol–water partition coefficient (Wildman–Crippen LogP) is 6.54. The maximum atomic E-state index is 12.5. The third kappa shape index (κ3) is 6.20. The molecule has 1 saturated heterocycles. The molecular weight excluding hydrogens is 420 g/mol. The molecule has 0 bridgehead atoms. The van der Waals surface area contributed by atoms with E-state index in [4.69, 9.17) is 4.74 Å². The Morgan fingerprint density at radius 2 is 1.24 bits per heavy atom. The lowest BCUT2D eigenvalue weighted by molar-refractivity contribution is -0.149. The second-order valence-electron chi connectivity index (χ2n) is 13.1. The van der Waals surface area contributed by atoms with Crippen molar-refractivity contribution in [2.45, 2.75) is 130 Å². The monoisotopic (exact) mass is 474 g/mol. The second kappa shape index (κ2) is 12.1. The van der Waals surface area contributed by atoms with Crippen LogP contribution in [0.2, 0.25) is 0 Å². The lowest BCUT2D eigenvalue weighted by Gasteiger charge is -2.40. The van der Waals surface area contributed by atoms with E-state index in [0.717, 1.165) is 54.8 Å². The minimum atomic E-state index is 0.0392. The molecule has 3 aliphatic carbocycles. The van der Waals surface area contributed by atoms with Crippen molar-refractivity contribution in [2.75, 3.05) is 6.61 Å². The summed E-state index contributed by atoms with van der Waals surface area (Å²) in [5.41, 5.74) is 0. The van der Waals surface area contributed by atoms with Crippen LogP contribution in [0, 0.1) is 47.3 Å². The summed E-state index contributed by atoms with van der Waals surface area (Å²) >= 11 is 0. The fourth-order valence-corrected chi connectivity index (χ4v) is 8.15. The highest BCUT2D eigenvalue weighted by Crippen LogP contribution is 2.43. The van der Waals surface area contributed by atoms with Crippen LogP contribution in [0.4, 0.5) is 0 Å². The van der Waals surface area contributed by atoms with Gasteiger partial charge in [-0.15, -0.1) is 0 Å². The Morgan fingerprint density at radius 1 is 0.735 bits per heavy atom. The molecule has 4 heteroatoms. The molecule has 4 fully saturated rings. The normalized spacial score (nSPS) is 41.7. The molecule has 0 spiro atoms. The van der Waals surface area contributed by atoms with Crippen molar-refractivity contribution in [3.05, 3.63) is 0 Å². The van der Waals surface area contributed by atoms with Crippen LogP contribution >= 0.6 is 0 Å². The van der Waals surface area contributed by atoms with Crippen LogP contribution < -0.4 is 10.6 Å². The summed E-state index contributed by atoms with van der Waals surface area (Å²) in [6, 6.07) is 1.23. The molecule has 3 saturated carbocycles. The van der Waals surface area contributed by atoms with Gasteiger partial charge in [0.05, 0.1) is 18.7 Å². The molecule has 0 aromatic carbocycles. The fourth-order valence-electron chi connectivity index (χ4n) is 8.15. The molecule has 1 aliphatic heterocycles. The molecule has 0 aromatic heterocycles. The minimum absolute atomic E-state index is 0.0392. The van der Waals surface area contributed by atoms with E-state index in [1.807, 2.05) is 6.92 Å². The number of nitrogens with one attached hydrogen (secondary N) is 2. The number of rotatable bonds is 7. The zero-order valence-electron chi connectivity index (χ0n) is 22.9. The molecule has 4 atom stereocenters. The van der Waals surface area contributed by atoms with E-state index in [-0.39, 0.29) is 11.9 Å². The van der Waals surface area contributed by atoms with E-state index in [1.165, 1.54) is 57.8 Å². The van der Waals surface area contributed by atoms with Gasteiger partial charge >= 0.3 is 5.97 Å². The first-order chi connectivity index (χ1) is 16.4. The SMILES string of the molecule is CCOC(=O)C1CCCC(C2NC(C3CCC(C(C)C)CC3)C(C3CCC(C(C)C)CC3)N2)C1. The Morgan fingerprint density at radius 3 is 1.68 bits per heavy atom. The summed E-state index contributed by atoms with van der Waals surface area (Å²) in [5.74, 6) is 5.80. The number of ether oxygens (including phenoxy) is 1. The van der Waals surface area contributed by atoms with Gasteiger partial charge in [-0.25, -0.2) is 0 Å². The third-order valence-electron chi connectivity index (χ3n) is 10.5. The highest BCUT2D eigenvalue weighted by Gasteiger charge is 2.46. The summed E-state index contributed by atoms with van der Waals surface area (Å²) in [7, 11) is 0. The Labute approximate surface area is 210 Å². The number of carbonyl (C=O) groups is 1. The summed E-state index contributed by atoms with van der Waals surface area (Å²) in [6.07, 6.45) is 16.0. The maximum Gasteiger partial charge on any atom is 0.308 e. The Kier molecular flexibility index (Phi) is 9.40. The Hall–Kier alpha value is -0.610. The van der Waals surface area contributed by atoms with Crippen LogP contribution in [0.1, 0.15) is 112 Å². The highest BCUT2D eigenvalue weighted by atomic mass is 16.5. The first-order valence-electron chi connectivity index (χ1n) is 15.1. The molecular formula is C30H54N2O2. The van der Waals surface area contributed by atoms with Crippen LogP contribution in [-0.2, 0) is 9.53 Å². The van der Waals surface area contributed by atoms with Gasteiger partial charge < -0.3 is 4.74 Å². The first kappa shape index (κ1) is 26.5. The van der Waals surface area contributed by atoms with E-state index >= 15 is 0 Å². The summed E-state index contributed by atoms with van der Waals surface area (Å²) in [6.45, 7) is 12.1. The molecule has 196 valence electrons. The zero-order valence-corrected chi connectivity index (χ0v) is 22.9. The average molecular weight is 475 g/mol. The molecule has 0 radical (unpaired) electrons. The highest BCUT2D eigenvalue weighted by molar-refractivity contribution is 5.72. The van der Waals surface area contributed by atoms with Gasteiger partial charge in [-0.2, -0.15) is 0 Å². The van der Waals surface area contributed by atoms with Crippen molar-refractivity contribution in [1.82, 2.24) is 10.6 Å². The average Bonchev–Trinajstić information content (AvgIpc) is 3.30. The number of hydrogen-bond donors (Lipinski definition) is 2. The van der Waals surface area contributed by atoms with Gasteiger partial charge in [-0.3, -0.25) is 15.4 Å². The van der Waals surface area contributed by atoms with Crippen molar-refractivity contribution >= 4 is 5.97 Å². The van der Waals surface area contributed by atoms with Crippen LogP contribution in [0.3, 0.4) is 0 Å². The van der Waals surface area contributed by atoms with Gasteiger partial charge in [0.2, 0.25) is 0 Å². The Bertz CT molecular complexity index is 598. The van der Waals surface area contributed by atoms with E-state index in [1.54, 1.807) is 0 Å². The molecule has 4 nitrogen and oxygen atoms in total. The van der Waals surface area contributed by atoms with Crippen molar-refractivity contribution in [3.63, 3.8) is 0 Å². The molecule has 2 N–H and O–H groups in total. The van der Waals surface area contributed by atoms with Gasteiger partial charge in [-0.1, -0.05) is 34.1 Å². The summed E-state index contributed by atoms with van der Waals surface area (Å²) in [5, 5.41) is 8.37. The molecule has 1 heterocycles. The minimum Gasteiger partial charge on any atom is -0.466 e. The molecule has 0 amide bonds. The molecule has 4 aliphatic rings. The number of hydrogen-bond acceptors (Lipinski definition) is 4. The fraction of sp³-hybridized carbons (Fsp3) is 0.967. The first-order valence-corrected chi connectivity index (χ1v) is 15.1. The van der Waals surface area contributed by atoms with Crippen molar-refractivity contribution in [2.24, 2.45) is 47.3 Å². The van der Waals surface area contributed by atoms with Crippen molar-refractivity contribution < 1.29 is 9.53 Å². The van der Waals surface area contributed by atoms with E-state index in [2.05, 4.69) is 38.3 Å². The van der Waals surface area contributed by atoms with Gasteiger partial charge in [-0.05, 0) is 119 Å². The third-order valence-corrected chi connectivity index (χ3v) is 10.5. The molecule has 0 aromatic rings. The van der Waals surface area contributed by atoms with E-state index < -0.39 is 0 Å². The van der Waals surface area contributed by atoms with E-state index in [0.29, 0.717) is 30.8 Å². The topological polar surface area (TPSA) is 50.4 Å².